The van der Waals surface area contributed by atoms with Crippen LogP contribution in [0.1, 0.15) is 23.0 Å². The number of benzene rings is 1. The van der Waals surface area contributed by atoms with Crippen LogP contribution in [0.25, 0.3) is 0 Å². The molecular formula is C13H14N4O2. The van der Waals surface area contributed by atoms with E-state index >= 15 is 0 Å². The largest absolute Gasteiger partial charge is 0.328 e. The minimum Gasteiger partial charge on any atom is -0.315 e. The van der Waals surface area contributed by atoms with E-state index in [9.17, 15) is 4.79 Å². The van der Waals surface area contributed by atoms with Crippen LogP contribution in [-0.4, -0.2) is 22.6 Å². The molecule has 0 radical (unpaired) electrons. The van der Waals surface area contributed by atoms with Crippen LogP contribution < -0.4 is 10.6 Å². The molecule has 1 aliphatic rings. The Morgan fingerprint density at radius 3 is 3.11 bits per heavy atom. The molecule has 0 spiro atoms. The Hall–Kier alpha value is -2.21. The summed E-state index contributed by atoms with van der Waals surface area (Å²) in [5, 5.41) is 9.47. The third-order valence-electron chi connectivity index (χ3n) is 3.13. The van der Waals surface area contributed by atoms with Crippen LogP contribution in [0.4, 0.5) is 6.01 Å². The maximum atomic E-state index is 12.2. The first-order valence-electron chi connectivity index (χ1n) is 6.16. The summed E-state index contributed by atoms with van der Waals surface area (Å²) in [5.41, 5.74) is 2.20. The van der Waals surface area contributed by atoms with E-state index in [2.05, 4.69) is 20.8 Å². The van der Waals surface area contributed by atoms with Gasteiger partial charge in [-0.25, -0.2) is 0 Å². The minimum absolute atomic E-state index is 0.132. The Kier molecular flexibility index (Phi) is 3.00. The second kappa shape index (κ2) is 4.81. The fourth-order valence-corrected chi connectivity index (χ4v) is 2.26. The van der Waals surface area contributed by atoms with Gasteiger partial charge in [-0.15, -0.1) is 0 Å². The lowest BCUT2D eigenvalue weighted by Gasteiger charge is -2.25. The van der Waals surface area contributed by atoms with Gasteiger partial charge in [-0.1, -0.05) is 29.4 Å². The molecule has 1 aromatic heterocycles. The van der Waals surface area contributed by atoms with Gasteiger partial charge in [0.15, 0.2) is 5.82 Å². The van der Waals surface area contributed by atoms with Crippen LogP contribution in [0.5, 0.6) is 0 Å². The number of aryl methyl sites for hydroxylation is 1. The van der Waals surface area contributed by atoms with Gasteiger partial charge in [-0.05, 0) is 24.5 Å². The number of amides is 1. The van der Waals surface area contributed by atoms with Crippen molar-refractivity contribution in [3.63, 3.8) is 0 Å². The predicted octanol–water partition coefficient (Wildman–Crippen LogP) is 1.20. The topological polar surface area (TPSA) is 80.0 Å². The Bertz CT molecular complexity index is 608. The van der Waals surface area contributed by atoms with E-state index in [4.69, 9.17) is 4.52 Å². The lowest BCUT2D eigenvalue weighted by Crippen LogP contribution is -2.38. The van der Waals surface area contributed by atoms with Crippen molar-refractivity contribution in [1.29, 1.82) is 0 Å². The molecule has 3 rings (SSSR count). The lowest BCUT2D eigenvalue weighted by atomic mass is 9.94. The van der Waals surface area contributed by atoms with Gasteiger partial charge in [-0.3, -0.25) is 10.1 Å². The monoisotopic (exact) mass is 258 g/mol. The highest BCUT2D eigenvalue weighted by molar-refractivity contribution is 5.94. The van der Waals surface area contributed by atoms with Gasteiger partial charge in [0.1, 0.15) is 6.04 Å². The summed E-state index contributed by atoms with van der Waals surface area (Å²) in [7, 11) is 0. The zero-order chi connectivity index (χ0) is 13.2. The molecule has 1 atom stereocenters. The van der Waals surface area contributed by atoms with Crippen molar-refractivity contribution < 1.29 is 9.32 Å². The Morgan fingerprint density at radius 2 is 2.32 bits per heavy atom. The first kappa shape index (κ1) is 11.9. The number of nitrogens with one attached hydrogen (secondary N) is 2. The van der Waals surface area contributed by atoms with Crippen molar-refractivity contribution >= 4 is 11.9 Å². The summed E-state index contributed by atoms with van der Waals surface area (Å²) in [5.74, 6) is 0.308. The molecule has 2 heterocycles. The average Bonchev–Trinajstić information content (AvgIpc) is 2.83. The zero-order valence-electron chi connectivity index (χ0n) is 10.5. The molecule has 98 valence electrons. The SMILES string of the molecule is Cc1noc(NC(=O)C2NCCc3ccccc32)n1. The van der Waals surface area contributed by atoms with Gasteiger partial charge in [0.25, 0.3) is 0 Å². The molecule has 0 saturated heterocycles. The zero-order valence-corrected chi connectivity index (χ0v) is 10.5. The summed E-state index contributed by atoms with van der Waals surface area (Å²) >= 11 is 0. The second-order valence-corrected chi connectivity index (χ2v) is 4.47. The smallest absolute Gasteiger partial charge is 0.315 e. The summed E-state index contributed by atoms with van der Waals surface area (Å²) in [6.07, 6.45) is 0.930. The Labute approximate surface area is 110 Å². The number of nitrogens with zero attached hydrogens (tertiary/aromatic N) is 2. The van der Waals surface area contributed by atoms with E-state index in [-0.39, 0.29) is 18.0 Å². The maximum absolute atomic E-state index is 12.2. The Morgan fingerprint density at radius 1 is 1.47 bits per heavy atom. The van der Waals surface area contributed by atoms with Crippen molar-refractivity contribution in [2.75, 3.05) is 11.9 Å². The van der Waals surface area contributed by atoms with Gasteiger partial charge < -0.3 is 9.84 Å². The predicted molar refractivity (Wildman–Crippen MR) is 68.6 cm³/mol. The lowest BCUT2D eigenvalue weighted by molar-refractivity contribution is -0.118. The van der Waals surface area contributed by atoms with Crippen molar-refractivity contribution in [2.24, 2.45) is 0 Å². The molecule has 6 nitrogen and oxygen atoms in total. The van der Waals surface area contributed by atoms with Crippen molar-refractivity contribution in [1.82, 2.24) is 15.5 Å². The average molecular weight is 258 g/mol. The van der Waals surface area contributed by atoms with Gasteiger partial charge >= 0.3 is 6.01 Å². The molecule has 6 heteroatoms. The number of carbonyl (C=O) groups is 1. The normalized spacial score (nSPS) is 17.8. The van der Waals surface area contributed by atoms with Crippen LogP contribution in [0.15, 0.2) is 28.8 Å². The molecule has 1 unspecified atom stereocenters. The second-order valence-electron chi connectivity index (χ2n) is 4.47. The third-order valence-corrected chi connectivity index (χ3v) is 3.13. The molecule has 2 N–H and O–H groups in total. The third kappa shape index (κ3) is 2.34. The molecule has 0 saturated carbocycles. The molecule has 1 aromatic carbocycles. The number of anilines is 1. The van der Waals surface area contributed by atoms with Gasteiger partial charge in [0, 0.05) is 6.54 Å². The highest BCUT2D eigenvalue weighted by Crippen LogP contribution is 2.23. The molecule has 0 aliphatic carbocycles. The van der Waals surface area contributed by atoms with Crippen LogP contribution >= 0.6 is 0 Å². The van der Waals surface area contributed by atoms with E-state index in [0.29, 0.717) is 5.82 Å². The molecule has 19 heavy (non-hydrogen) atoms. The standard InChI is InChI=1S/C13H14N4O2/c1-8-15-13(19-17-8)16-12(18)11-10-5-3-2-4-9(10)6-7-14-11/h2-5,11,14H,6-7H2,1H3,(H,15,16,17,18). The Balaban J connectivity index is 1.81. The molecule has 0 fully saturated rings. The molecular weight excluding hydrogens is 244 g/mol. The van der Waals surface area contributed by atoms with Crippen LogP contribution in [0, 0.1) is 6.92 Å². The van der Waals surface area contributed by atoms with E-state index in [1.807, 2.05) is 24.3 Å². The first-order valence-corrected chi connectivity index (χ1v) is 6.16. The van der Waals surface area contributed by atoms with Crippen LogP contribution in [0.2, 0.25) is 0 Å². The van der Waals surface area contributed by atoms with Crippen molar-refractivity contribution in [3.05, 3.63) is 41.2 Å². The molecule has 2 aromatic rings. The first-order chi connectivity index (χ1) is 9.24. The molecule has 1 aliphatic heterocycles. The summed E-state index contributed by atoms with van der Waals surface area (Å²) in [4.78, 5) is 16.2. The quantitative estimate of drug-likeness (QED) is 0.846. The number of aromatic nitrogens is 2. The van der Waals surface area contributed by atoms with Gasteiger partial charge in [0.2, 0.25) is 5.91 Å². The van der Waals surface area contributed by atoms with Crippen LogP contribution in [-0.2, 0) is 11.2 Å². The summed E-state index contributed by atoms with van der Waals surface area (Å²) in [6, 6.07) is 7.69. The minimum atomic E-state index is -0.378. The maximum Gasteiger partial charge on any atom is 0.328 e. The number of carbonyl (C=O) groups excluding carboxylic acids is 1. The van der Waals surface area contributed by atoms with Crippen molar-refractivity contribution in [3.8, 4) is 0 Å². The van der Waals surface area contributed by atoms with Crippen molar-refractivity contribution in [2.45, 2.75) is 19.4 Å². The van der Waals surface area contributed by atoms with Gasteiger partial charge in [0.05, 0.1) is 0 Å². The van der Waals surface area contributed by atoms with Crippen LogP contribution in [0.3, 0.4) is 0 Å². The molecule has 1 amide bonds. The highest BCUT2D eigenvalue weighted by Gasteiger charge is 2.26. The number of fused-ring (bicyclic) bond motifs is 1. The summed E-state index contributed by atoms with van der Waals surface area (Å²) in [6.45, 7) is 2.48. The fraction of sp³-hybridized carbons (Fsp3) is 0.308. The van der Waals surface area contributed by atoms with E-state index in [1.165, 1.54) is 5.56 Å². The fourth-order valence-electron chi connectivity index (χ4n) is 2.26. The number of hydrogen-bond donors (Lipinski definition) is 2. The number of rotatable bonds is 2. The number of hydrogen-bond acceptors (Lipinski definition) is 5. The van der Waals surface area contributed by atoms with E-state index in [1.54, 1.807) is 6.92 Å². The molecule has 0 bridgehead atoms. The highest BCUT2D eigenvalue weighted by atomic mass is 16.5. The van der Waals surface area contributed by atoms with E-state index in [0.717, 1.165) is 18.5 Å². The van der Waals surface area contributed by atoms with Gasteiger partial charge in [-0.2, -0.15) is 4.98 Å². The van der Waals surface area contributed by atoms with E-state index < -0.39 is 0 Å². The summed E-state index contributed by atoms with van der Waals surface area (Å²) < 4.78 is 4.89.